The zero-order chi connectivity index (χ0) is 26.0. The fourth-order valence-corrected chi connectivity index (χ4v) is 4.71. The van der Waals surface area contributed by atoms with Crippen LogP contribution >= 0.6 is 23.2 Å². The van der Waals surface area contributed by atoms with E-state index in [-0.39, 0.29) is 12.3 Å². The molecule has 4 rings (SSSR count). The number of ether oxygens (including phenoxy) is 1. The van der Waals surface area contributed by atoms with E-state index in [9.17, 15) is 20.2 Å². The standard InChI is InChI=1S/C26H20Cl2N4O4/c1-3-36-25(33)26(15-29)23(17-6-4-16(2)5-7-17)24(21-13-8-18(27)14-22(21)28)30-31(26)19-9-11-20(12-10-19)32(34)35/h4-14,23H,3H2,1-2H3. The van der Waals surface area contributed by atoms with E-state index in [1.807, 2.05) is 31.2 Å². The lowest BCUT2D eigenvalue weighted by Gasteiger charge is -2.34. The first-order valence-corrected chi connectivity index (χ1v) is 11.7. The number of anilines is 1. The van der Waals surface area contributed by atoms with Gasteiger partial charge in [0.05, 0.1) is 33.9 Å². The molecule has 0 aromatic heterocycles. The van der Waals surface area contributed by atoms with Gasteiger partial charge in [0.2, 0.25) is 0 Å². The molecule has 0 saturated carbocycles. The van der Waals surface area contributed by atoms with E-state index in [4.69, 9.17) is 33.0 Å². The molecular weight excluding hydrogens is 503 g/mol. The molecule has 1 aliphatic rings. The van der Waals surface area contributed by atoms with Crippen molar-refractivity contribution in [1.29, 1.82) is 5.26 Å². The second-order valence-corrected chi connectivity index (χ2v) is 8.98. The monoisotopic (exact) mass is 522 g/mol. The number of nitro groups is 1. The summed E-state index contributed by atoms with van der Waals surface area (Å²) in [7, 11) is 0. The van der Waals surface area contributed by atoms with Gasteiger partial charge in [-0.25, -0.2) is 9.80 Å². The van der Waals surface area contributed by atoms with Gasteiger partial charge in [-0.15, -0.1) is 0 Å². The van der Waals surface area contributed by atoms with E-state index in [1.165, 1.54) is 29.3 Å². The van der Waals surface area contributed by atoms with Crippen LogP contribution in [0.4, 0.5) is 11.4 Å². The minimum absolute atomic E-state index is 0.0357. The molecular formula is C26H20Cl2N4O4. The van der Waals surface area contributed by atoms with Crippen LogP contribution in [0.3, 0.4) is 0 Å². The number of nitrogens with zero attached hydrogens (tertiary/aromatic N) is 4. The summed E-state index contributed by atoms with van der Waals surface area (Å²) in [5.74, 6) is -1.71. The maximum absolute atomic E-state index is 13.6. The number of halogens is 2. The summed E-state index contributed by atoms with van der Waals surface area (Å²) >= 11 is 12.7. The van der Waals surface area contributed by atoms with Gasteiger partial charge in [-0.05, 0) is 43.7 Å². The van der Waals surface area contributed by atoms with Crippen LogP contribution in [0.15, 0.2) is 71.8 Å². The number of benzene rings is 3. The number of aryl methyl sites for hydroxylation is 1. The minimum Gasteiger partial charge on any atom is -0.463 e. The van der Waals surface area contributed by atoms with Gasteiger partial charge in [-0.1, -0.05) is 59.1 Å². The summed E-state index contributed by atoms with van der Waals surface area (Å²) < 4.78 is 5.40. The molecule has 0 spiro atoms. The number of esters is 1. The van der Waals surface area contributed by atoms with Crippen molar-refractivity contribution in [2.75, 3.05) is 11.6 Å². The molecule has 8 nitrogen and oxygen atoms in total. The smallest absolute Gasteiger partial charge is 0.350 e. The Labute approximate surface area is 217 Å². The third kappa shape index (κ3) is 4.28. The third-order valence-electron chi connectivity index (χ3n) is 5.91. The first kappa shape index (κ1) is 25.2. The molecule has 0 amide bonds. The highest BCUT2D eigenvalue weighted by molar-refractivity contribution is 6.37. The van der Waals surface area contributed by atoms with Gasteiger partial charge >= 0.3 is 5.97 Å². The Morgan fingerprint density at radius 1 is 1.17 bits per heavy atom. The summed E-state index contributed by atoms with van der Waals surface area (Å²) in [5, 5.41) is 28.5. The lowest BCUT2D eigenvalue weighted by atomic mass is 9.75. The van der Waals surface area contributed by atoms with Crippen LogP contribution in [-0.4, -0.2) is 28.8 Å². The second kappa shape index (κ2) is 9.97. The van der Waals surface area contributed by atoms with Crippen LogP contribution < -0.4 is 5.01 Å². The van der Waals surface area contributed by atoms with E-state index in [1.54, 1.807) is 25.1 Å². The average Bonchev–Trinajstić information content (AvgIpc) is 3.20. The Morgan fingerprint density at radius 3 is 2.39 bits per heavy atom. The summed E-state index contributed by atoms with van der Waals surface area (Å²) in [6.07, 6.45) is 0. The molecule has 0 radical (unpaired) electrons. The molecule has 0 aliphatic carbocycles. The minimum atomic E-state index is -1.96. The van der Waals surface area contributed by atoms with Gasteiger partial charge < -0.3 is 4.74 Å². The quantitative estimate of drug-likeness (QED) is 0.221. The Kier molecular flexibility index (Phi) is 6.97. The summed E-state index contributed by atoms with van der Waals surface area (Å²) in [6, 6.07) is 19.9. The number of hydrogen-bond acceptors (Lipinski definition) is 7. The highest BCUT2D eigenvalue weighted by Gasteiger charge is 2.60. The predicted molar refractivity (Wildman–Crippen MR) is 137 cm³/mol. The molecule has 0 saturated heterocycles. The van der Waals surface area contributed by atoms with Crippen LogP contribution in [0.25, 0.3) is 0 Å². The van der Waals surface area contributed by atoms with E-state index in [0.717, 1.165) is 5.56 Å². The molecule has 2 unspecified atom stereocenters. The molecule has 0 bridgehead atoms. The van der Waals surface area contributed by atoms with Crippen molar-refractivity contribution in [2.45, 2.75) is 25.3 Å². The van der Waals surface area contributed by atoms with Crippen molar-refractivity contribution in [3.05, 3.63) is 104 Å². The summed E-state index contributed by atoms with van der Waals surface area (Å²) in [6.45, 7) is 3.61. The molecule has 0 fully saturated rings. The first-order valence-electron chi connectivity index (χ1n) is 11.0. The molecule has 0 N–H and O–H groups in total. The number of nitriles is 1. The van der Waals surface area contributed by atoms with Crippen molar-refractivity contribution in [3.63, 3.8) is 0 Å². The zero-order valence-corrected chi connectivity index (χ0v) is 20.8. The summed E-state index contributed by atoms with van der Waals surface area (Å²) in [5.41, 5.74) is 0.673. The second-order valence-electron chi connectivity index (χ2n) is 8.14. The van der Waals surface area contributed by atoms with E-state index in [2.05, 4.69) is 6.07 Å². The molecule has 1 aliphatic heterocycles. The Hall–Kier alpha value is -3.93. The van der Waals surface area contributed by atoms with E-state index in [0.29, 0.717) is 32.6 Å². The number of hydrogen-bond donors (Lipinski definition) is 0. The molecule has 1 heterocycles. The number of carbonyl (C=O) groups excluding carboxylic acids is 1. The van der Waals surface area contributed by atoms with Gasteiger partial charge in [-0.3, -0.25) is 10.1 Å². The van der Waals surface area contributed by atoms with Gasteiger partial charge in [0, 0.05) is 22.7 Å². The van der Waals surface area contributed by atoms with Crippen molar-refractivity contribution in [2.24, 2.45) is 5.10 Å². The predicted octanol–water partition coefficient (Wildman–Crippen LogP) is 6.04. The number of carbonyl (C=O) groups is 1. The molecule has 3 aromatic rings. The average molecular weight is 523 g/mol. The largest absolute Gasteiger partial charge is 0.463 e. The Morgan fingerprint density at radius 2 is 1.83 bits per heavy atom. The van der Waals surface area contributed by atoms with Crippen molar-refractivity contribution < 1.29 is 14.5 Å². The van der Waals surface area contributed by atoms with Crippen LogP contribution in [0, 0.1) is 28.4 Å². The number of non-ortho nitro benzene ring substituents is 1. The molecule has 10 heteroatoms. The molecule has 2 atom stereocenters. The fourth-order valence-electron chi connectivity index (χ4n) is 4.21. The number of nitro benzene ring substituents is 1. The highest BCUT2D eigenvalue weighted by Crippen LogP contribution is 2.46. The molecule has 36 heavy (non-hydrogen) atoms. The normalized spacial score (nSPS) is 18.9. The summed E-state index contributed by atoms with van der Waals surface area (Å²) in [4.78, 5) is 24.3. The lowest BCUT2D eigenvalue weighted by Crippen LogP contribution is -2.54. The fraction of sp³-hybridized carbons (Fsp3) is 0.192. The van der Waals surface area contributed by atoms with E-state index < -0.39 is 22.3 Å². The Bertz CT molecular complexity index is 1400. The highest BCUT2D eigenvalue weighted by atomic mass is 35.5. The van der Waals surface area contributed by atoms with Crippen LogP contribution in [0.5, 0.6) is 0 Å². The number of rotatable bonds is 6. The van der Waals surface area contributed by atoms with Crippen molar-refractivity contribution in [1.82, 2.24) is 0 Å². The van der Waals surface area contributed by atoms with Gasteiger partial charge in [0.1, 0.15) is 6.07 Å². The lowest BCUT2D eigenvalue weighted by molar-refractivity contribution is -0.384. The first-order chi connectivity index (χ1) is 17.2. The van der Waals surface area contributed by atoms with E-state index >= 15 is 0 Å². The van der Waals surface area contributed by atoms with Gasteiger partial charge in [0.25, 0.3) is 11.2 Å². The Balaban J connectivity index is 2.02. The zero-order valence-electron chi connectivity index (χ0n) is 19.3. The van der Waals surface area contributed by atoms with Crippen molar-refractivity contribution in [3.8, 4) is 6.07 Å². The molecule has 3 aromatic carbocycles. The van der Waals surface area contributed by atoms with Gasteiger partial charge in [0.15, 0.2) is 0 Å². The van der Waals surface area contributed by atoms with Crippen LogP contribution in [-0.2, 0) is 9.53 Å². The topological polar surface area (TPSA) is 109 Å². The maximum atomic E-state index is 13.6. The SMILES string of the molecule is CCOC(=O)C1(C#N)C(c2ccc(C)cc2)C(c2ccc(Cl)cc2Cl)=NN1c1ccc([N+](=O)[O-])cc1. The molecule has 182 valence electrons. The number of hydrazone groups is 1. The maximum Gasteiger partial charge on any atom is 0.350 e. The van der Waals surface area contributed by atoms with Crippen LogP contribution in [0.2, 0.25) is 10.0 Å². The van der Waals surface area contributed by atoms with Gasteiger partial charge in [-0.2, -0.15) is 10.4 Å². The third-order valence-corrected chi connectivity index (χ3v) is 6.46. The van der Waals surface area contributed by atoms with Crippen molar-refractivity contribution >= 4 is 46.3 Å². The van der Waals surface area contributed by atoms with Crippen LogP contribution in [0.1, 0.15) is 29.5 Å².